The van der Waals surface area contributed by atoms with Crippen molar-refractivity contribution in [3.8, 4) is 5.75 Å². The summed E-state index contributed by atoms with van der Waals surface area (Å²) in [6, 6.07) is 5.85. The number of nitro benzene ring substituents is 1. The number of rotatable bonds is 5. The van der Waals surface area contributed by atoms with Crippen LogP contribution in [-0.4, -0.2) is 11.2 Å². The van der Waals surface area contributed by atoms with Crippen molar-refractivity contribution in [1.82, 2.24) is 0 Å². The van der Waals surface area contributed by atoms with Crippen molar-refractivity contribution in [2.75, 3.05) is 0 Å². The van der Waals surface area contributed by atoms with Crippen LogP contribution in [0.4, 0.5) is 5.69 Å². The number of thiophene rings is 1. The lowest BCUT2D eigenvalue weighted by Gasteiger charge is -2.07. The molecule has 0 bridgehead atoms. The largest absolute Gasteiger partial charge is 0.487 e. The SMILES string of the molecule is O=Cc1cc([N+](=O)[O-])ccc1OCc1sccc1Br. The predicted molar refractivity (Wildman–Crippen MR) is 74.8 cm³/mol. The summed E-state index contributed by atoms with van der Waals surface area (Å²) >= 11 is 4.90. The van der Waals surface area contributed by atoms with E-state index >= 15 is 0 Å². The second-order valence-electron chi connectivity index (χ2n) is 3.58. The fraction of sp³-hybridized carbons (Fsp3) is 0.0833. The average Bonchev–Trinajstić information content (AvgIpc) is 2.81. The summed E-state index contributed by atoms with van der Waals surface area (Å²) in [5.41, 5.74) is 0.0358. The summed E-state index contributed by atoms with van der Waals surface area (Å²) < 4.78 is 6.45. The van der Waals surface area contributed by atoms with E-state index < -0.39 is 4.92 Å². The quantitative estimate of drug-likeness (QED) is 0.471. The molecule has 0 amide bonds. The molecule has 0 spiro atoms. The highest BCUT2D eigenvalue weighted by Crippen LogP contribution is 2.27. The van der Waals surface area contributed by atoms with Crippen LogP contribution in [0, 0.1) is 10.1 Å². The van der Waals surface area contributed by atoms with Crippen molar-refractivity contribution in [3.63, 3.8) is 0 Å². The Hall–Kier alpha value is -1.73. The maximum absolute atomic E-state index is 10.9. The van der Waals surface area contributed by atoms with Crippen molar-refractivity contribution in [1.29, 1.82) is 0 Å². The van der Waals surface area contributed by atoms with Gasteiger partial charge in [0.1, 0.15) is 12.4 Å². The number of hydrogen-bond donors (Lipinski definition) is 0. The Kier molecular flexibility index (Phi) is 4.28. The molecule has 0 N–H and O–H groups in total. The van der Waals surface area contributed by atoms with E-state index in [4.69, 9.17) is 4.74 Å². The van der Waals surface area contributed by atoms with Gasteiger partial charge in [0.15, 0.2) is 6.29 Å². The number of carbonyl (C=O) groups is 1. The Bertz CT molecular complexity index is 626. The second kappa shape index (κ2) is 5.94. The second-order valence-corrected chi connectivity index (χ2v) is 5.43. The molecule has 5 nitrogen and oxygen atoms in total. The molecule has 0 fully saturated rings. The number of ether oxygens (including phenoxy) is 1. The van der Waals surface area contributed by atoms with Gasteiger partial charge in [-0.25, -0.2) is 0 Å². The number of non-ortho nitro benzene ring substituents is 1. The maximum atomic E-state index is 10.9. The van der Waals surface area contributed by atoms with Crippen LogP contribution < -0.4 is 4.74 Å². The fourth-order valence-electron chi connectivity index (χ4n) is 1.44. The molecule has 0 atom stereocenters. The minimum absolute atomic E-state index is 0.133. The molecule has 0 aliphatic carbocycles. The Morgan fingerprint density at radius 3 is 2.79 bits per heavy atom. The first kappa shape index (κ1) is 13.7. The average molecular weight is 342 g/mol. The van der Waals surface area contributed by atoms with Gasteiger partial charge < -0.3 is 4.74 Å². The summed E-state index contributed by atoms with van der Waals surface area (Å²) in [7, 11) is 0. The van der Waals surface area contributed by atoms with E-state index in [0.29, 0.717) is 18.6 Å². The molecule has 0 aliphatic rings. The van der Waals surface area contributed by atoms with E-state index in [1.807, 2.05) is 11.4 Å². The Morgan fingerprint density at radius 2 is 2.21 bits per heavy atom. The number of carbonyl (C=O) groups excluding carboxylic acids is 1. The first-order valence-electron chi connectivity index (χ1n) is 5.20. The lowest BCUT2D eigenvalue weighted by atomic mass is 10.2. The van der Waals surface area contributed by atoms with Crippen molar-refractivity contribution in [3.05, 3.63) is 54.7 Å². The fourth-order valence-corrected chi connectivity index (χ4v) is 2.82. The third-order valence-electron chi connectivity index (χ3n) is 2.38. The first-order chi connectivity index (χ1) is 9.11. The van der Waals surface area contributed by atoms with Crippen LogP contribution in [0.15, 0.2) is 34.1 Å². The number of nitro groups is 1. The van der Waals surface area contributed by atoms with Crippen LogP contribution in [0.2, 0.25) is 0 Å². The summed E-state index contributed by atoms with van der Waals surface area (Å²) in [5.74, 6) is 0.334. The molecule has 1 heterocycles. The zero-order chi connectivity index (χ0) is 13.8. The summed E-state index contributed by atoms with van der Waals surface area (Å²) in [4.78, 5) is 22.0. The van der Waals surface area contributed by atoms with Gasteiger partial charge in [0.05, 0.1) is 15.4 Å². The zero-order valence-electron chi connectivity index (χ0n) is 9.54. The van der Waals surface area contributed by atoms with Gasteiger partial charge in [-0.2, -0.15) is 0 Å². The van der Waals surface area contributed by atoms with Gasteiger partial charge in [-0.15, -0.1) is 11.3 Å². The normalized spacial score (nSPS) is 10.2. The summed E-state index contributed by atoms with van der Waals surface area (Å²) in [6.07, 6.45) is 0.547. The number of hydrogen-bond acceptors (Lipinski definition) is 5. The molecule has 0 unspecified atom stereocenters. The third kappa shape index (κ3) is 3.18. The minimum Gasteiger partial charge on any atom is -0.487 e. The van der Waals surface area contributed by atoms with Gasteiger partial charge in [-0.3, -0.25) is 14.9 Å². The molecule has 2 rings (SSSR count). The highest BCUT2D eigenvalue weighted by molar-refractivity contribution is 9.10. The van der Waals surface area contributed by atoms with Gasteiger partial charge in [0, 0.05) is 16.6 Å². The van der Waals surface area contributed by atoms with Gasteiger partial charge in [0.2, 0.25) is 0 Å². The van der Waals surface area contributed by atoms with E-state index in [0.717, 1.165) is 9.35 Å². The van der Waals surface area contributed by atoms with Crippen LogP contribution in [0.25, 0.3) is 0 Å². The molecule has 2 aromatic rings. The van der Waals surface area contributed by atoms with E-state index in [2.05, 4.69) is 15.9 Å². The molecule has 7 heteroatoms. The number of halogens is 1. The number of nitrogens with zero attached hydrogens (tertiary/aromatic N) is 1. The standard InChI is InChI=1S/C12H8BrNO4S/c13-10-3-4-19-12(10)7-18-11-2-1-9(14(16)17)5-8(11)6-15/h1-6H,7H2. The molecule has 1 aromatic carbocycles. The summed E-state index contributed by atoms with van der Waals surface area (Å²) in [5, 5.41) is 12.5. The van der Waals surface area contributed by atoms with Crippen LogP contribution in [0.3, 0.4) is 0 Å². The van der Waals surface area contributed by atoms with Crippen molar-refractivity contribution >= 4 is 39.2 Å². The molecule has 19 heavy (non-hydrogen) atoms. The van der Waals surface area contributed by atoms with Crippen LogP contribution >= 0.6 is 27.3 Å². The Labute approximate surface area is 121 Å². The number of benzene rings is 1. The van der Waals surface area contributed by atoms with Gasteiger partial charge in [-0.05, 0) is 33.4 Å². The molecular weight excluding hydrogens is 334 g/mol. The summed E-state index contributed by atoms with van der Waals surface area (Å²) in [6.45, 7) is 0.302. The molecule has 0 aliphatic heterocycles. The lowest BCUT2D eigenvalue weighted by molar-refractivity contribution is -0.384. The van der Waals surface area contributed by atoms with Crippen molar-refractivity contribution < 1.29 is 14.5 Å². The topological polar surface area (TPSA) is 69.4 Å². The van der Waals surface area contributed by atoms with Gasteiger partial charge in [0.25, 0.3) is 5.69 Å². The van der Waals surface area contributed by atoms with Gasteiger partial charge >= 0.3 is 0 Å². The van der Waals surface area contributed by atoms with Crippen molar-refractivity contribution in [2.24, 2.45) is 0 Å². The van der Waals surface area contributed by atoms with Crippen LogP contribution in [0.5, 0.6) is 5.75 Å². The van der Waals surface area contributed by atoms with E-state index in [1.165, 1.54) is 29.5 Å². The number of aldehydes is 1. The van der Waals surface area contributed by atoms with Crippen LogP contribution in [0.1, 0.15) is 15.2 Å². The molecule has 98 valence electrons. The lowest BCUT2D eigenvalue weighted by Crippen LogP contribution is -1.98. The van der Waals surface area contributed by atoms with E-state index in [1.54, 1.807) is 0 Å². The predicted octanol–water partition coefficient (Wildman–Crippen LogP) is 3.81. The Morgan fingerprint density at radius 1 is 1.42 bits per heavy atom. The van der Waals surface area contributed by atoms with Gasteiger partial charge in [-0.1, -0.05) is 0 Å². The highest BCUT2D eigenvalue weighted by Gasteiger charge is 2.12. The maximum Gasteiger partial charge on any atom is 0.270 e. The molecule has 1 aromatic heterocycles. The Balaban J connectivity index is 2.18. The highest BCUT2D eigenvalue weighted by atomic mass is 79.9. The van der Waals surface area contributed by atoms with E-state index in [9.17, 15) is 14.9 Å². The molecule has 0 radical (unpaired) electrons. The van der Waals surface area contributed by atoms with Crippen LogP contribution in [-0.2, 0) is 6.61 Å². The monoisotopic (exact) mass is 341 g/mol. The third-order valence-corrected chi connectivity index (χ3v) is 4.28. The first-order valence-corrected chi connectivity index (χ1v) is 6.87. The molecular formula is C12H8BrNO4S. The minimum atomic E-state index is -0.549. The molecule has 0 saturated carbocycles. The van der Waals surface area contributed by atoms with Crippen molar-refractivity contribution in [2.45, 2.75) is 6.61 Å². The molecule has 0 saturated heterocycles. The zero-order valence-corrected chi connectivity index (χ0v) is 11.9. The smallest absolute Gasteiger partial charge is 0.270 e. The van der Waals surface area contributed by atoms with E-state index in [-0.39, 0.29) is 11.3 Å².